The Hall–Kier alpha value is -3.62. The number of carboxylic acids is 1. The van der Waals surface area contributed by atoms with Crippen LogP contribution in [0.3, 0.4) is 0 Å². The largest absolute Gasteiger partial charge is 0.480 e. The van der Waals surface area contributed by atoms with Gasteiger partial charge in [0.25, 0.3) is 0 Å². The van der Waals surface area contributed by atoms with Gasteiger partial charge in [0, 0.05) is 41.0 Å². The van der Waals surface area contributed by atoms with Crippen molar-refractivity contribution in [1.29, 1.82) is 0 Å². The summed E-state index contributed by atoms with van der Waals surface area (Å²) in [6.45, 7) is 3.41. The molecule has 1 aliphatic rings. The van der Waals surface area contributed by atoms with Crippen molar-refractivity contribution in [3.63, 3.8) is 0 Å². The predicted octanol–water partition coefficient (Wildman–Crippen LogP) is 5.92. The van der Waals surface area contributed by atoms with E-state index in [9.17, 15) is 9.18 Å². The van der Waals surface area contributed by atoms with Crippen molar-refractivity contribution in [3.8, 4) is 11.1 Å². The molecule has 4 aromatic rings. The Morgan fingerprint density at radius 2 is 1.84 bits per heavy atom. The fraction of sp³-hybridized carbons (Fsp3) is 0.286. The van der Waals surface area contributed by atoms with Gasteiger partial charge in [-0.15, -0.1) is 0 Å². The SMILES string of the molecule is C[C@@H](Nc1c(Cl)cnc2ccc(-c3cnc(C4CCN(CC(=O)O)CC4)nc3)cc12)c1ccccc1F. The zero-order chi connectivity index (χ0) is 25.9. The number of halogens is 2. The fourth-order valence-electron chi connectivity index (χ4n) is 4.85. The topological polar surface area (TPSA) is 91.2 Å². The number of hydrogen-bond donors (Lipinski definition) is 2. The van der Waals surface area contributed by atoms with E-state index in [1.54, 1.807) is 18.3 Å². The van der Waals surface area contributed by atoms with Crippen LogP contribution in [0.2, 0.25) is 5.02 Å². The molecule has 9 heteroatoms. The Balaban J connectivity index is 1.38. The maximum absolute atomic E-state index is 14.4. The predicted molar refractivity (Wildman–Crippen MR) is 142 cm³/mol. The molecule has 37 heavy (non-hydrogen) atoms. The first kappa shape index (κ1) is 25.0. The summed E-state index contributed by atoms with van der Waals surface area (Å²) in [4.78, 5) is 26.6. The van der Waals surface area contributed by atoms with Crippen LogP contribution in [0.4, 0.5) is 10.1 Å². The molecule has 0 saturated carbocycles. The summed E-state index contributed by atoms with van der Waals surface area (Å²) >= 11 is 6.54. The molecule has 2 aromatic heterocycles. The van der Waals surface area contributed by atoms with E-state index in [-0.39, 0.29) is 24.3 Å². The lowest BCUT2D eigenvalue weighted by Crippen LogP contribution is -2.37. The normalized spacial score (nSPS) is 15.5. The Labute approximate surface area is 219 Å². The van der Waals surface area contributed by atoms with Crippen LogP contribution in [0.15, 0.2) is 61.1 Å². The van der Waals surface area contributed by atoms with E-state index < -0.39 is 5.97 Å². The molecule has 0 radical (unpaired) electrons. The zero-order valence-electron chi connectivity index (χ0n) is 20.4. The van der Waals surface area contributed by atoms with Crippen molar-refractivity contribution in [2.24, 2.45) is 0 Å². The van der Waals surface area contributed by atoms with Gasteiger partial charge in [-0.25, -0.2) is 14.4 Å². The number of piperidine rings is 1. The number of likely N-dealkylation sites (tertiary alicyclic amines) is 1. The minimum atomic E-state index is -0.800. The minimum Gasteiger partial charge on any atom is -0.480 e. The van der Waals surface area contributed by atoms with Crippen LogP contribution in [-0.2, 0) is 4.79 Å². The number of hydrogen-bond acceptors (Lipinski definition) is 6. The van der Waals surface area contributed by atoms with E-state index in [0.717, 1.165) is 53.8 Å². The third-order valence-electron chi connectivity index (χ3n) is 6.87. The molecule has 3 heterocycles. The second-order valence-electron chi connectivity index (χ2n) is 9.37. The van der Waals surface area contributed by atoms with Crippen LogP contribution < -0.4 is 5.32 Å². The number of carbonyl (C=O) groups is 1. The molecule has 0 aliphatic carbocycles. The number of aliphatic carboxylic acids is 1. The van der Waals surface area contributed by atoms with Crippen molar-refractivity contribution >= 4 is 34.2 Å². The third-order valence-corrected chi connectivity index (χ3v) is 7.16. The minimum absolute atomic E-state index is 0.0727. The molecule has 7 nitrogen and oxygen atoms in total. The maximum atomic E-state index is 14.4. The monoisotopic (exact) mass is 519 g/mol. The van der Waals surface area contributed by atoms with Gasteiger partial charge < -0.3 is 10.4 Å². The lowest BCUT2D eigenvalue weighted by atomic mass is 9.95. The maximum Gasteiger partial charge on any atom is 0.317 e. The molecular weight excluding hydrogens is 493 g/mol. The van der Waals surface area contributed by atoms with Gasteiger partial charge in [0.05, 0.1) is 28.8 Å². The highest BCUT2D eigenvalue weighted by atomic mass is 35.5. The lowest BCUT2D eigenvalue weighted by molar-refractivity contribution is -0.138. The molecule has 1 fully saturated rings. The van der Waals surface area contributed by atoms with E-state index in [2.05, 4.69) is 20.3 Å². The summed E-state index contributed by atoms with van der Waals surface area (Å²) in [7, 11) is 0. The van der Waals surface area contributed by atoms with E-state index in [1.807, 2.05) is 48.5 Å². The number of anilines is 1. The van der Waals surface area contributed by atoms with Crippen molar-refractivity contribution in [3.05, 3.63) is 83.3 Å². The first-order chi connectivity index (χ1) is 17.9. The number of fused-ring (bicyclic) bond motifs is 1. The standard InChI is InChI=1S/C28H27ClFN5O2/c1-17(21-4-2-3-5-24(21)30)34-27-22-12-19(6-7-25(22)31-15-23(27)29)20-13-32-28(33-14-20)18-8-10-35(11-9-18)16-26(36)37/h2-7,12-15,17-18H,8-11,16H2,1H3,(H,31,34)(H,36,37)/t17-/m1/s1. The molecule has 190 valence electrons. The summed E-state index contributed by atoms with van der Waals surface area (Å²) in [6, 6.07) is 12.3. The number of pyridine rings is 1. The van der Waals surface area contributed by atoms with Gasteiger partial charge in [-0.05, 0) is 56.6 Å². The average Bonchev–Trinajstić information content (AvgIpc) is 2.90. The number of aromatic nitrogens is 3. The molecular formula is C28H27ClFN5O2. The number of nitrogens with zero attached hydrogens (tertiary/aromatic N) is 4. The van der Waals surface area contributed by atoms with E-state index in [1.165, 1.54) is 6.07 Å². The molecule has 0 amide bonds. The lowest BCUT2D eigenvalue weighted by Gasteiger charge is -2.29. The van der Waals surface area contributed by atoms with Crippen molar-refractivity contribution in [2.75, 3.05) is 25.0 Å². The van der Waals surface area contributed by atoms with E-state index >= 15 is 0 Å². The Bertz CT molecular complexity index is 1420. The molecule has 1 saturated heterocycles. The molecule has 2 aromatic carbocycles. The smallest absolute Gasteiger partial charge is 0.317 e. The Morgan fingerprint density at radius 3 is 2.54 bits per heavy atom. The number of benzene rings is 2. The number of carboxylic acid groups (broad SMARTS) is 1. The van der Waals surface area contributed by atoms with Gasteiger partial charge in [-0.1, -0.05) is 35.9 Å². The van der Waals surface area contributed by atoms with Crippen LogP contribution in [0.5, 0.6) is 0 Å². The molecule has 5 rings (SSSR count). The van der Waals surface area contributed by atoms with Crippen LogP contribution in [-0.4, -0.2) is 50.6 Å². The van der Waals surface area contributed by atoms with Gasteiger partial charge >= 0.3 is 5.97 Å². The molecule has 1 atom stereocenters. The van der Waals surface area contributed by atoms with Crippen molar-refractivity contribution < 1.29 is 14.3 Å². The van der Waals surface area contributed by atoms with Gasteiger partial charge in [0.2, 0.25) is 0 Å². The second kappa shape index (κ2) is 10.8. The zero-order valence-corrected chi connectivity index (χ0v) is 21.1. The van der Waals surface area contributed by atoms with Crippen molar-refractivity contribution in [1.82, 2.24) is 19.9 Å². The highest BCUT2D eigenvalue weighted by Crippen LogP contribution is 2.35. The average molecular weight is 520 g/mol. The number of nitrogens with one attached hydrogen (secondary N) is 1. The third kappa shape index (κ3) is 5.55. The summed E-state index contributed by atoms with van der Waals surface area (Å²) in [5.41, 5.74) is 3.79. The molecule has 0 bridgehead atoms. The van der Waals surface area contributed by atoms with Gasteiger partial charge in [-0.2, -0.15) is 0 Å². The van der Waals surface area contributed by atoms with Gasteiger partial charge in [0.15, 0.2) is 0 Å². The van der Waals surface area contributed by atoms with Crippen LogP contribution >= 0.6 is 11.6 Å². The highest BCUT2D eigenvalue weighted by molar-refractivity contribution is 6.34. The van der Waals surface area contributed by atoms with Gasteiger partial charge in [0.1, 0.15) is 11.6 Å². The van der Waals surface area contributed by atoms with E-state index in [0.29, 0.717) is 16.3 Å². The van der Waals surface area contributed by atoms with Crippen LogP contribution in [0, 0.1) is 5.82 Å². The summed E-state index contributed by atoms with van der Waals surface area (Å²) in [6.07, 6.45) is 6.91. The summed E-state index contributed by atoms with van der Waals surface area (Å²) < 4.78 is 14.4. The Morgan fingerprint density at radius 1 is 1.11 bits per heavy atom. The fourth-order valence-corrected chi connectivity index (χ4v) is 5.06. The van der Waals surface area contributed by atoms with Crippen LogP contribution in [0.1, 0.15) is 43.1 Å². The first-order valence-corrected chi connectivity index (χ1v) is 12.6. The van der Waals surface area contributed by atoms with E-state index in [4.69, 9.17) is 16.7 Å². The molecule has 0 unspecified atom stereocenters. The molecule has 0 spiro atoms. The van der Waals surface area contributed by atoms with Crippen molar-refractivity contribution in [2.45, 2.75) is 31.7 Å². The first-order valence-electron chi connectivity index (χ1n) is 12.2. The highest BCUT2D eigenvalue weighted by Gasteiger charge is 2.24. The molecule has 1 aliphatic heterocycles. The Kier molecular flexibility index (Phi) is 7.30. The number of rotatable bonds is 7. The van der Waals surface area contributed by atoms with Crippen LogP contribution in [0.25, 0.3) is 22.0 Å². The molecule has 2 N–H and O–H groups in total. The second-order valence-corrected chi connectivity index (χ2v) is 9.78. The summed E-state index contributed by atoms with van der Waals surface area (Å²) in [5.74, 6) is -0.0758. The summed E-state index contributed by atoms with van der Waals surface area (Å²) in [5, 5.41) is 13.6. The quantitative estimate of drug-likeness (QED) is 0.313. The van der Waals surface area contributed by atoms with Gasteiger partial charge in [-0.3, -0.25) is 14.7 Å².